The van der Waals surface area contributed by atoms with E-state index in [-0.39, 0.29) is 11.3 Å². The highest BCUT2D eigenvalue weighted by Crippen LogP contribution is 2.19. The second kappa shape index (κ2) is 9.58. The topological polar surface area (TPSA) is 93.5 Å². The van der Waals surface area contributed by atoms with E-state index in [4.69, 9.17) is 16.3 Å². The Balaban J connectivity index is 1.55. The minimum Gasteiger partial charge on any atom is -0.489 e. The van der Waals surface area contributed by atoms with Crippen molar-refractivity contribution in [3.05, 3.63) is 111 Å². The molecule has 8 heteroatoms. The van der Waals surface area contributed by atoms with E-state index >= 15 is 0 Å². The van der Waals surface area contributed by atoms with Crippen molar-refractivity contribution in [3.63, 3.8) is 0 Å². The van der Waals surface area contributed by atoms with Gasteiger partial charge in [-0.2, -0.15) is 0 Å². The molecular formula is C22H18ClN3O4. The number of ether oxygens (including phenoxy) is 1. The smallest absolute Gasteiger partial charge is 0.282 e. The van der Waals surface area contributed by atoms with Crippen molar-refractivity contribution in [1.29, 1.82) is 0 Å². The fourth-order valence-corrected chi connectivity index (χ4v) is 2.72. The molecule has 152 valence electrons. The highest BCUT2D eigenvalue weighted by Gasteiger charge is 2.19. The lowest BCUT2D eigenvalue weighted by atomic mass is 10.1. The number of rotatable bonds is 8. The lowest BCUT2D eigenvalue weighted by molar-refractivity contribution is -0.385. The van der Waals surface area contributed by atoms with Crippen LogP contribution in [0.25, 0.3) is 5.70 Å². The molecule has 0 heterocycles. The van der Waals surface area contributed by atoms with Crippen LogP contribution in [0.1, 0.15) is 21.5 Å². The SMILES string of the molecule is C=C(NNC(=O)c1ccccc1[N+](=O)[O-])c1ccc(OCc2ccc(Cl)cc2)cc1. The van der Waals surface area contributed by atoms with Gasteiger partial charge in [0.05, 0.1) is 10.6 Å². The number of benzene rings is 3. The first-order chi connectivity index (χ1) is 14.4. The molecule has 7 nitrogen and oxygen atoms in total. The van der Waals surface area contributed by atoms with Crippen LogP contribution in [0, 0.1) is 10.1 Å². The number of nitro benzene ring substituents is 1. The molecule has 0 unspecified atom stereocenters. The standard InChI is InChI=1S/C22H18ClN3O4/c1-15(24-25-22(27)20-4-2-3-5-21(20)26(28)29)17-8-12-19(13-9-17)30-14-16-6-10-18(23)11-7-16/h2-13,24H,1,14H2,(H,25,27). The fourth-order valence-electron chi connectivity index (χ4n) is 2.60. The lowest BCUT2D eigenvalue weighted by Crippen LogP contribution is -2.36. The summed E-state index contributed by atoms with van der Waals surface area (Å²) in [7, 11) is 0. The second-order valence-electron chi connectivity index (χ2n) is 6.27. The predicted octanol–water partition coefficient (Wildman–Crippen LogP) is 4.73. The van der Waals surface area contributed by atoms with Crippen molar-refractivity contribution in [1.82, 2.24) is 10.9 Å². The van der Waals surface area contributed by atoms with Gasteiger partial charge < -0.3 is 4.74 Å². The van der Waals surface area contributed by atoms with Gasteiger partial charge in [0.1, 0.15) is 17.9 Å². The highest BCUT2D eigenvalue weighted by molar-refractivity contribution is 6.30. The summed E-state index contributed by atoms with van der Waals surface area (Å²) in [4.78, 5) is 22.7. The summed E-state index contributed by atoms with van der Waals surface area (Å²) in [6, 6.07) is 20.2. The number of hydrogen-bond donors (Lipinski definition) is 2. The van der Waals surface area contributed by atoms with E-state index in [1.165, 1.54) is 18.2 Å². The summed E-state index contributed by atoms with van der Waals surface area (Å²) < 4.78 is 5.73. The first kappa shape index (κ1) is 20.9. The molecule has 0 fully saturated rings. The number of hydrazine groups is 1. The highest BCUT2D eigenvalue weighted by atomic mass is 35.5. The first-order valence-electron chi connectivity index (χ1n) is 8.90. The van der Waals surface area contributed by atoms with Crippen molar-refractivity contribution in [3.8, 4) is 5.75 Å². The summed E-state index contributed by atoms with van der Waals surface area (Å²) in [5, 5.41) is 11.7. The monoisotopic (exact) mass is 423 g/mol. The largest absolute Gasteiger partial charge is 0.489 e. The first-order valence-corrected chi connectivity index (χ1v) is 9.28. The zero-order chi connectivity index (χ0) is 21.5. The van der Waals surface area contributed by atoms with Gasteiger partial charge in [0.25, 0.3) is 11.6 Å². The van der Waals surface area contributed by atoms with E-state index in [0.717, 1.165) is 11.1 Å². The van der Waals surface area contributed by atoms with Crippen LogP contribution in [0.3, 0.4) is 0 Å². The van der Waals surface area contributed by atoms with Gasteiger partial charge in [-0.3, -0.25) is 25.8 Å². The minimum atomic E-state index is -0.633. The number of nitro groups is 1. The number of nitrogens with one attached hydrogen (secondary N) is 2. The summed E-state index contributed by atoms with van der Waals surface area (Å²) in [5.74, 6) is 0.0387. The van der Waals surface area contributed by atoms with Crippen LogP contribution in [-0.2, 0) is 6.61 Å². The predicted molar refractivity (Wildman–Crippen MR) is 115 cm³/mol. The van der Waals surface area contributed by atoms with Gasteiger partial charge >= 0.3 is 0 Å². The van der Waals surface area contributed by atoms with Crippen molar-refractivity contribution < 1.29 is 14.5 Å². The summed E-state index contributed by atoms with van der Waals surface area (Å²) in [5.41, 5.74) is 6.91. The van der Waals surface area contributed by atoms with Crippen LogP contribution in [0.15, 0.2) is 79.4 Å². The van der Waals surface area contributed by atoms with Gasteiger partial charge in [0, 0.05) is 11.1 Å². The minimum absolute atomic E-state index is 0.0475. The van der Waals surface area contributed by atoms with E-state index in [1.54, 1.807) is 42.5 Å². The molecule has 3 aromatic rings. The molecule has 0 aliphatic rings. The van der Waals surface area contributed by atoms with Crippen LogP contribution < -0.4 is 15.6 Å². The van der Waals surface area contributed by atoms with Crippen LogP contribution >= 0.6 is 11.6 Å². The van der Waals surface area contributed by atoms with E-state index in [9.17, 15) is 14.9 Å². The van der Waals surface area contributed by atoms with Crippen molar-refractivity contribution in [2.45, 2.75) is 6.61 Å². The molecule has 0 spiro atoms. The molecule has 0 saturated carbocycles. The number of hydrogen-bond acceptors (Lipinski definition) is 5. The molecule has 0 atom stereocenters. The van der Waals surface area contributed by atoms with Gasteiger partial charge in [-0.25, -0.2) is 0 Å². The molecule has 0 aliphatic heterocycles. The van der Waals surface area contributed by atoms with Crippen molar-refractivity contribution in [2.24, 2.45) is 0 Å². The molecule has 1 amide bonds. The van der Waals surface area contributed by atoms with Gasteiger partial charge in [-0.05, 0) is 53.6 Å². The Morgan fingerprint density at radius 3 is 2.33 bits per heavy atom. The Hall–Kier alpha value is -3.84. The average molecular weight is 424 g/mol. The normalized spacial score (nSPS) is 10.2. The zero-order valence-electron chi connectivity index (χ0n) is 15.8. The quantitative estimate of drug-likeness (QED) is 0.403. The third kappa shape index (κ3) is 5.36. The van der Waals surface area contributed by atoms with E-state index in [1.807, 2.05) is 12.1 Å². The van der Waals surface area contributed by atoms with Gasteiger partial charge in [0.15, 0.2) is 0 Å². The Morgan fingerprint density at radius 2 is 1.67 bits per heavy atom. The molecule has 0 aromatic heterocycles. The average Bonchev–Trinajstić information content (AvgIpc) is 2.77. The zero-order valence-corrected chi connectivity index (χ0v) is 16.6. The number of carbonyl (C=O) groups is 1. The van der Waals surface area contributed by atoms with E-state index < -0.39 is 10.8 Å². The third-order valence-corrected chi connectivity index (χ3v) is 4.45. The second-order valence-corrected chi connectivity index (χ2v) is 6.71. The Morgan fingerprint density at radius 1 is 1.00 bits per heavy atom. The summed E-state index contributed by atoms with van der Waals surface area (Å²) in [6.07, 6.45) is 0. The van der Waals surface area contributed by atoms with E-state index in [2.05, 4.69) is 17.4 Å². The molecule has 0 bridgehead atoms. The van der Waals surface area contributed by atoms with Gasteiger partial charge in [0.2, 0.25) is 0 Å². The molecular weight excluding hydrogens is 406 g/mol. The lowest BCUT2D eigenvalue weighted by Gasteiger charge is -2.12. The van der Waals surface area contributed by atoms with Gasteiger partial charge in [-0.15, -0.1) is 0 Å². The number of nitrogens with zero attached hydrogens (tertiary/aromatic N) is 1. The summed E-state index contributed by atoms with van der Waals surface area (Å²) >= 11 is 5.87. The van der Waals surface area contributed by atoms with Crippen LogP contribution in [0.4, 0.5) is 5.69 Å². The molecule has 3 rings (SSSR count). The maximum atomic E-state index is 12.3. The molecule has 2 N–H and O–H groups in total. The molecule has 30 heavy (non-hydrogen) atoms. The van der Waals surface area contributed by atoms with Crippen molar-refractivity contribution in [2.75, 3.05) is 0 Å². The number of carbonyl (C=O) groups excluding carboxylic acids is 1. The summed E-state index contributed by atoms with van der Waals surface area (Å²) in [6.45, 7) is 4.27. The molecule has 0 aliphatic carbocycles. The molecule has 0 saturated heterocycles. The number of amides is 1. The van der Waals surface area contributed by atoms with Crippen molar-refractivity contribution >= 4 is 28.9 Å². The molecule has 0 radical (unpaired) electrons. The Kier molecular flexibility index (Phi) is 6.67. The van der Waals surface area contributed by atoms with Crippen LogP contribution in [-0.4, -0.2) is 10.8 Å². The van der Waals surface area contributed by atoms with Crippen LogP contribution in [0.2, 0.25) is 5.02 Å². The number of halogens is 1. The fraction of sp³-hybridized carbons (Fsp3) is 0.0455. The Labute approximate surface area is 178 Å². The Bertz CT molecular complexity index is 1070. The van der Waals surface area contributed by atoms with Gasteiger partial charge in [-0.1, -0.05) is 42.4 Å². The van der Waals surface area contributed by atoms with E-state index in [0.29, 0.717) is 23.1 Å². The maximum absolute atomic E-state index is 12.3. The molecule has 3 aromatic carbocycles. The van der Waals surface area contributed by atoms with Crippen LogP contribution in [0.5, 0.6) is 5.75 Å². The number of para-hydroxylation sites is 1. The third-order valence-electron chi connectivity index (χ3n) is 4.19. The maximum Gasteiger partial charge on any atom is 0.282 e.